The maximum absolute atomic E-state index is 11.9. The minimum Gasteiger partial charge on any atom is -0.209 e. The molecule has 0 aromatic carbocycles. The number of fused-ring (bicyclic) bond motifs is 4. The van der Waals surface area contributed by atoms with E-state index in [1.165, 1.54) is 6.08 Å². The number of aliphatic imine (C=N–C) groups is 8. The van der Waals surface area contributed by atoms with Gasteiger partial charge in [-0.3, -0.25) is 0 Å². The Balaban J connectivity index is 0.00000205. The second-order valence-corrected chi connectivity index (χ2v) is 8.21. The van der Waals surface area contributed by atoms with Crippen molar-refractivity contribution in [2.24, 2.45) is 39.9 Å². The Hall–Kier alpha value is -2.92. The zero-order chi connectivity index (χ0) is 19.3. The van der Waals surface area contributed by atoms with E-state index in [9.17, 15) is 8.42 Å². The van der Waals surface area contributed by atoms with E-state index >= 15 is 0 Å². The molecular weight excluding hydrogens is 467 g/mol. The first-order valence-electron chi connectivity index (χ1n) is 7.83. The fourth-order valence-corrected chi connectivity index (χ4v) is 3.45. The van der Waals surface area contributed by atoms with Crippen LogP contribution >= 0.6 is 10.7 Å². The third kappa shape index (κ3) is 3.96. The van der Waals surface area contributed by atoms with E-state index in [2.05, 4.69) is 39.9 Å². The van der Waals surface area contributed by atoms with Crippen molar-refractivity contribution in [1.82, 2.24) is 0 Å². The zero-order valence-electron chi connectivity index (χ0n) is 14.0. The van der Waals surface area contributed by atoms with E-state index in [4.69, 9.17) is 10.7 Å². The predicted octanol–water partition coefficient (Wildman–Crippen LogP) is 1.36. The molecule has 0 saturated heterocycles. The summed E-state index contributed by atoms with van der Waals surface area (Å²) in [6, 6.07) is 0. The van der Waals surface area contributed by atoms with Crippen LogP contribution in [0.25, 0.3) is 0 Å². The largest absolute Gasteiger partial charge is 0.265 e. The molecule has 5 heterocycles. The zero-order valence-corrected chi connectivity index (χ0v) is 16.5. The van der Waals surface area contributed by atoms with Gasteiger partial charge in [0.05, 0.1) is 0 Å². The van der Waals surface area contributed by atoms with Gasteiger partial charge in [-0.25, -0.2) is 48.4 Å². The second-order valence-electron chi connectivity index (χ2n) is 5.67. The molecule has 0 unspecified atom stereocenters. The molecule has 0 spiro atoms. The number of nitrogens with zero attached hydrogens (tertiary/aromatic N) is 8. The van der Waals surface area contributed by atoms with Crippen LogP contribution in [0.3, 0.4) is 0 Å². The Bertz CT molecular complexity index is 1320. The van der Waals surface area contributed by atoms with E-state index in [-0.39, 0.29) is 39.5 Å². The quantitative estimate of drug-likeness (QED) is 0.419. The maximum atomic E-state index is 11.9. The summed E-state index contributed by atoms with van der Waals surface area (Å²) in [7, 11) is 1.42. The molecule has 5 aliphatic heterocycles. The normalized spacial score (nSPS) is 21.3. The van der Waals surface area contributed by atoms with Crippen molar-refractivity contribution in [3.05, 3.63) is 47.4 Å². The van der Waals surface area contributed by atoms with Crippen LogP contribution < -0.4 is 0 Å². The van der Waals surface area contributed by atoms with Crippen LogP contribution in [0.4, 0.5) is 0 Å². The Morgan fingerprint density at radius 3 is 1.28 bits per heavy atom. The molecule has 1 radical (unpaired) electrons. The number of amidine groups is 8. The van der Waals surface area contributed by atoms with Crippen molar-refractivity contribution >= 4 is 66.4 Å². The molecule has 10 nitrogen and oxygen atoms in total. The summed E-state index contributed by atoms with van der Waals surface area (Å²) in [6.45, 7) is 0. The van der Waals surface area contributed by atoms with Gasteiger partial charge in [0.2, 0.25) is 0 Å². The van der Waals surface area contributed by atoms with Crippen LogP contribution in [0, 0.1) is 0 Å². The molecule has 5 aliphatic rings. The van der Waals surface area contributed by atoms with E-state index in [1.807, 2.05) is 0 Å². The number of hydrogen-bond donors (Lipinski definition) is 0. The summed E-state index contributed by atoms with van der Waals surface area (Å²) in [5.41, 5.74) is 0. The van der Waals surface area contributed by atoms with Gasteiger partial charge in [-0.15, -0.1) is 0 Å². The van der Waals surface area contributed by atoms with Gasteiger partial charge in [-0.05, 0) is 36.5 Å². The molecule has 0 aromatic heterocycles. The topological polar surface area (TPSA) is 133 Å². The Morgan fingerprint density at radius 1 is 0.552 bits per heavy atom. The number of rotatable bonds is 1. The maximum Gasteiger partial charge on any atom is 0.265 e. The van der Waals surface area contributed by atoms with Gasteiger partial charge in [-0.2, -0.15) is 0 Å². The molecule has 0 aliphatic carbocycles. The van der Waals surface area contributed by atoms with Gasteiger partial charge in [0.15, 0.2) is 46.7 Å². The summed E-state index contributed by atoms with van der Waals surface area (Å²) < 4.78 is 23.8. The van der Waals surface area contributed by atoms with Gasteiger partial charge in [0, 0.05) is 33.8 Å². The van der Waals surface area contributed by atoms with Crippen LogP contribution in [0.5, 0.6) is 0 Å². The van der Waals surface area contributed by atoms with Crippen molar-refractivity contribution in [3.8, 4) is 0 Å². The first-order chi connectivity index (χ1) is 13.4. The minimum atomic E-state index is -4.09. The molecular formula is C16H7ClCuN8O2S. The second kappa shape index (κ2) is 7.16. The number of hydrogen-bond acceptors (Lipinski definition) is 10. The third-order valence-electron chi connectivity index (χ3n) is 3.70. The van der Waals surface area contributed by atoms with E-state index in [1.54, 1.807) is 36.5 Å². The molecule has 0 amide bonds. The summed E-state index contributed by atoms with van der Waals surface area (Å²) in [5, 5.41) is 0. The van der Waals surface area contributed by atoms with Crippen molar-refractivity contribution in [1.29, 1.82) is 0 Å². The molecule has 0 fully saturated rings. The minimum absolute atomic E-state index is 0. The van der Waals surface area contributed by atoms with Gasteiger partial charge in [0.25, 0.3) is 9.05 Å². The molecule has 8 bridgehead atoms. The summed E-state index contributed by atoms with van der Waals surface area (Å²) in [6.07, 6.45) is 11.1. The molecule has 0 atom stereocenters. The number of halogens is 1. The standard InChI is InChI=1S/C16H7ClN8O2S.Cu/c17-28(26,27)8-7-15-23-13-4-3-11(21-13)19-9-1-2-10(18-9)20-12-5-6-14(22-12)24-16(8)25-15;/h1-7H;. The first kappa shape index (κ1) is 19.4. The van der Waals surface area contributed by atoms with Gasteiger partial charge < -0.3 is 0 Å². The van der Waals surface area contributed by atoms with Gasteiger partial charge >= 0.3 is 0 Å². The fourth-order valence-electron chi connectivity index (χ4n) is 2.55. The molecule has 29 heavy (non-hydrogen) atoms. The monoisotopic (exact) mass is 473 g/mol. The molecule has 0 N–H and O–H groups in total. The Labute approximate surface area is 179 Å². The van der Waals surface area contributed by atoms with Crippen LogP contribution in [0.2, 0.25) is 0 Å². The summed E-state index contributed by atoms with van der Waals surface area (Å²) in [5.74, 6) is 2.12. The Morgan fingerprint density at radius 2 is 0.897 bits per heavy atom. The van der Waals surface area contributed by atoms with E-state index < -0.39 is 9.05 Å². The van der Waals surface area contributed by atoms with Crippen molar-refractivity contribution in [2.45, 2.75) is 0 Å². The molecule has 0 saturated carbocycles. The third-order valence-corrected chi connectivity index (χ3v) is 5.03. The van der Waals surface area contributed by atoms with Crippen molar-refractivity contribution < 1.29 is 25.5 Å². The van der Waals surface area contributed by atoms with Crippen LogP contribution in [0.1, 0.15) is 0 Å². The fraction of sp³-hybridized carbons (Fsp3) is 0. The smallest absolute Gasteiger partial charge is 0.209 e. The average Bonchev–Trinajstić information content (AvgIpc) is 3.38. The molecule has 0 aromatic rings. The summed E-state index contributed by atoms with van der Waals surface area (Å²) >= 11 is 0. The van der Waals surface area contributed by atoms with Crippen LogP contribution in [-0.2, 0) is 26.1 Å². The Kier molecular flexibility index (Phi) is 4.79. The molecule has 13 heteroatoms. The van der Waals surface area contributed by atoms with Crippen LogP contribution in [0.15, 0.2) is 87.4 Å². The van der Waals surface area contributed by atoms with Crippen LogP contribution in [-0.4, -0.2) is 55.1 Å². The SMILES string of the molecule is O=S(=O)(Cl)C1=CC2=NC3=NC(=NC4=NC(=NC5=NC(=NC1=N2)C=C5)C=C4)C=C3.[Cu]. The summed E-state index contributed by atoms with van der Waals surface area (Å²) in [4.78, 5) is 33.6. The predicted molar refractivity (Wildman–Crippen MR) is 110 cm³/mol. The average molecular weight is 474 g/mol. The van der Waals surface area contributed by atoms with Crippen molar-refractivity contribution in [2.75, 3.05) is 0 Å². The van der Waals surface area contributed by atoms with Crippen molar-refractivity contribution in [3.63, 3.8) is 0 Å². The molecule has 147 valence electrons. The molecule has 5 rings (SSSR count). The van der Waals surface area contributed by atoms with E-state index in [0.717, 1.165) is 0 Å². The van der Waals surface area contributed by atoms with Gasteiger partial charge in [0.1, 0.15) is 4.91 Å². The van der Waals surface area contributed by atoms with Gasteiger partial charge in [-0.1, -0.05) is 0 Å². The van der Waals surface area contributed by atoms with E-state index in [0.29, 0.717) is 29.2 Å². The first-order valence-corrected chi connectivity index (χ1v) is 10.1.